The number of allylic oxidation sites excluding steroid dienone is 3. The van der Waals surface area contributed by atoms with Crippen LogP contribution in [0.3, 0.4) is 0 Å². The lowest BCUT2D eigenvalue weighted by Crippen LogP contribution is -2.69. The second-order valence-corrected chi connectivity index (χ2v) is 26.4. The zero-order chi connectivity index (χ0) is 48.4. The number of halogens is 1. The van der Waals surface area contributed by atoms with Crippen LogP contribution in [0.5, 0.6) is 0 Å². The van der Waals surface area contributed by atoms with E-state index in [9.17, 15) is 19.8 Å². The van der Waals surface area contributed by atoms with E-state index in [0.29, 0.717) is 5.52 Å². The van der Waals surface area contributed by atoms with Crippen molar-refractivity contribution in [3.05, 3.63) is 74.8 Å². The molecule has 358 valence electrons. The third-order valence-corrected chi connectivity index (χ3v) is 15.8. The van der Waals surface area contributed by atoms with Gasteiger partial charge in [-0.25, -0.2) is 4.79 Å². The van der Waals surface area contributed by atoms with Crippen LogP contribution in [-0.2, 0) is 62.7 Å². The number of ketones is 2. The molecule has 0 spiro atoms. The number of aliphatic hydroxyl groups excluding tert-OH is 2. The number of nitrogens with zero attached hydrogens (tertiary/aromatic N) is 1. The maximum absolute atomic E-state index is 15.4. The quantitative estimate of drug-likeness (QED) is 0.0699. The molecular weight excluding hydrogens is 1050 g/mol. The van der Waals surface area contributed by atoms with E-state index in [1.807, 2.05) is 38.1 Å². The Morgan fingerprint density at radius 2 is 1.93 bits per heavy atom. The summed E-state index contributed by atoms with van der Waals surface area (Å²) in [4.78, 5) is 50.1. The van der Waals surface area contributed by atoms with Crippen molar-refractivity contribution in [2.24, 2.45) is 5.92 Å². The molecule has 2 fully saturated rings. The topological polar surface area (TPSA) is 200 Å². The predicted molar refractivity (Wildman–Crippen MR) is 272 cm³/mol. The first-order valence-electron chi connectivity index (χ1n) is 21.5. The van der Waals surface area contributed by atoms with Crippen molar-refractivity contribution < 1.29 is 53.0 Å². The van der Waals surface area contributed by atoms with Crippen molar-refractivity contribution in [2.75, 3.05) is 39.1 Å². The first-order valence-corrected chi connectivity index (χ1v) is 27.8. The van der Waals surface area contributed by atoms with Crippen molar-refractivity contribution in [1.82, 2.24) is 20.6 Å². The molecule has 11 atom stereocenters. The number of alkyl carbamates (subject to hydrolysis) is 1. The van der Waals surface area contributed by atoms with E-state index in [1.54, 1.807) is 38.8 Å². The van der Waals surface area contributed by atoms with Gasteiger partial charge in [-0.1, -0.05) is 56.8 Å². The number of pyridine rings is 1. The van der Waals surface area contributed by atoms with Gasteiger partial charge < -0.3 is 48.9 Å². The van der Waals surface area contributed by atoms with Crippen molar-refractivity contribution in [1.29, 1.82) is 0 Å². The van der Waals surface area contributed by atoms with E-state index in [2.05, 4.69) is 66.9 Å². The molecule has 20 heteroatoms. The Balaban J connectivity index is 1.36. The Bertz CT molecular complexity index is 2760. The molecule has 3 aromatic rings. The minimum absolute atomic E-state index is 0.0689. The number of aromatic nitrogens is 2. The van der Waals surface area contributed by atoms with Crippen molar-refractivity contribution in [3.8, 4) is 23.7 Å². The molecule has 2 aliphatic heterocycles. The van der Waals surface area contributed by atoms with E-state index in [4.69, 9.17) is 50.8 Å². The van der Waals surface area contributed by atoms with Crippen molar-refractivity contribution in [3.63, 3.8) is 0 Å². The number of Topliss-reactive ketones (excluding diaryl/α,β-unsaturated/α-hetero) is 2. The molecule has 0 bridgehead atoms. The van der Waals surface area contributed by atoms with Crippen LogP contribution in [0, 0.1) is 33.2 Å². The smallest absolute Gasteiger partial charge is 0.411 e. The van der Waals surface area contributed by atoms with Gasteiger partial charge in [0.2, 0.25) is 5.78 Å². The summed E-state index contributed by atoms with van der Waals surface area (Å²) < 4.78 is 36.9. The normalized spacial score (nSPS) is 31.1. The SMILES string of the molecule is COC(=O)NC1=C2C#C/C=C\C#C[C@H](OC3OC(C)C(SC)(C(=O)c4nccc5c4[nH]c4cc(I)ccc45)C(O)C3OC3CC(OC)C(NC(C)C)CO3)C2/C(=C\CS(C)(=S)=S)[C@@H](O)CC1=O. The van der Waals surface area contributed by atoms with Gasteiger partial charge in [0.05, 0.1) is 55.2 Å². The maximum atomic E-state index is 15.4. The molecule has 7 rings (SSSR count). The fourth-order valence-corrected chi connectivity index (χ4v) is 11.4. The number of aromatic amines is 1. The molecule has 1 aromatic carbocycles. The summed E-state index contributed by atoms with van der Waals surface area (Å²) in [5.41, 5.74) is 1.54. The molecule has 67 heavy (non-hydrogen) atoms. The number of amides is 1. The summed E-state index contributed by atoms with van der Waals surface area (Å²) in [5.74, 6) is 9.87. The molecule has 4 aliphatic rings. The average molecular weight is 1110 g/mol. The summed E-state index contributed by atoms with van der Waals surface area (Å²) in [7, 11) is 0.727. The molecule has 5 N–H and O–H groups in total. The van der Waals surface area contributed by atoms with Gasteiger partial charge in [-0.05, 0) is 100 Å². The Morgan fingerprint density at radius 1 is 1.16 bits per heavy atom. The van der Waals surface area contributed by atoms with E-state index < -0.39 is 85.0 Å². The first kappa shape index (κ1) is 51.5. The van der Waals surface area contributed by atoms with Crippen LogP contribution in [0.4, 0.5) is 4.79 Å². The van der Waals surface area contributed by atoms with Gasteiger partial charge >= 0.3 is 6.09 Å². The molecular formula is C47H53IN4O11S4. The highest BCUT2D eigenvalue weighted by molar-refractivity contribution is 14.1. The number of ether oxygens (including phenoxy) is 6. The van der Waals surface area contributed by atoms with Crippen molar-refractivity contribution in [2.45, 2.75) is 99.6 Å². The summed E-state index contributed by atoms with van der Waals surface area (Å²) in [6, 6.07) is 7.73. The minimum Gasteiger partial charge on any atom is -0.453 e. The molecule has 1 amide bonds. The van der Waals surface area contributed by atoms with Gasteiger partial charge in [0, 0.05) is 63.4 Å². The summed E-state index contributed by atoms with van der Waals surface area (Å²) in [6.45, 7) is 5.91. The van der Waals surface area contributed by atoms with E-state index in [0.717, 1.165) is 38.7 Å². The summed E-state index contributed by atoms with van der Waals surface area (Å²) in [5, 5.41) is 32.5. The number of carbonyl (C=O) groups excluding carboxylic acids is 3. The Kier molecular flexibility index (Phi) is 16.7. The van der Waals surface area contributed by atoms with Crippen LogP contribution in [0.1, 0.15) is 44.1 Å². The van der Waals surface area contributed by atoms with Crippen LogP contribution in [0.25, 0.3) is 21.8 Å². The Hall–Kier alpha value is -3.33. The van der Waals surface area contributed by atoms with E-state index >= 15 is 4.79 Å². The second-order valence-electron chi connectivity index (χ2n) is 16.9. The lowest BCUT2D eigenvalue weighted by molar-refractivity contribution is -0.326. The molecule has 9 unspecified atom stereocenters. The van der Waals surface area contributed by atoms with Crippen LogP contribution in [0.15, 0.2) is 65.5 Å². The lowest BCUT2D eigenvalue weighted by atomic mass is 9.82. The average Bonchev–Trinajstić information content (AvgIpc) is 3.65. The molecule has 2 aromatic heterocycles. The summed E-state index contributed by atoms with van der Waals surface area (Å²) >= 11 is 14.6. The number of thioether (sulfide) groups is 1. The van der Waals surface area contributed by atoms with Gasteiger partial charge in [0.1, 0.15) is 28.8 Å². The van der Waals surface area contributed by atoms with Crippen LogP contribution < -0.4 is 10.6 Å². The van der Waals surface area contributed by atoms with Gasteiger partial charge in [-0.15, -0.1) is 11.8 Å². The molecule has 2 saturated heterocycles. The molecule has 0 saturated carbocycles. The number of rotatable bonds is 13. The largest absolute Gasteiger partial charge is 0.453 e. The number of hydrogen-bond donors (Lipinski definition) is 5. The number of aliphatic hydroxyl groups is 2. The van der Waals surface area contributed by atoms with Gasteiger partial charge in [-0.2, -0.15) is 0 Å². The highest BCUT2D eigenvalue weighted by atomic mass is 127. The number of carbonyl (C=O) groups is 3. The maximum Gasteiger partial charge on any atom is 0.411 e. The predicted octanol–water partition coefficient (Wildman–Crippen LogP) is 4.38. The summed E-state index contributed by atoms with van der Waals surface area (Å²) in [6.07, 6.45) is -1.22. The number of benzene rings is 1. The fourth-order valence-electron chi connectivity index (χ4n) is 8.99. The van der Waals surface area contributed by atoms with Crippen LogP contribution in [-0.4, -0.2) is 143 Å². The number of methoxy groups -OCH3 is 2. The zero-order valence-electron chi connectivity index (χ0n) is 37.8. The number of H-pyrrole nitrogens is 1. The van der Waals surface area contributed by atoms with Crippen LogP contribution in [0.2, 0.25) is 0 Å². The third-order valence-electron chi connectivity index (χ3n) is 12.1. The van der Waals surface area contributed by atoms with Gasteiger partial charge in [-0.3, -0.25) is 19.9 Å². The Morgan fingerprint density at radius 3 is 2.63 bits per heavy atom. The van der Waals surface area contributed by atoms with Gasteiger partial charge in [0.15, 0.2) is 18.4 Å². The highest BCUT2D eigenvalue weighted by Crippen LogP contribution is 2.46. The van der Waals surface area contributed by atoms with Gasteiger partial charge in [0.25, 0.3) is 0 Å². The van der Waals surface area contributed by atoms with E-state index in [-0.39, 0.29) is 59.5 Å². The Labute approximate surface area is 417 Å². The third kappa shape index (κ3) is 11.0. The molecule has 4 heterocycles. The zero-order valence-corrected chi connectivity index (χ0v) is 43.2. The number of nitrogens with one attached hydrogen (secondary N) is 3. The minimum atomic E-state index is -2.03. The first-order chi connectivity index (χ1) is 31.9. The lowest BCUT2D eigenvalue weighted by Gasteiger charge is -2.51. The number of fused-ring (bicyclic) bond motifs is 4. The monoisotopic (exact) mass is 1100 g/mol. The molecule has 0 radical (unpaired) electrons. The second kappa shape index (κ2) is 21.8. The fraction of sp³-hybridized carbons (Fsp3) is 0.489. The van der Waals surface area contributed by atoms with E-state index in [1.165, 1.54) is 12.2 Å². The molecule has 15 nitrogen and oxygen atoms in total. The standard InChI is InChI=1S/C47H53IN4O11S4/c1-24(2)50-32-23-60-37(22-36(32)58-4)63-42-44(56)47(66-6,43(55)41-40-28(16-18-49-41)27-15-14-26(48)20-31(27)51-40)25(3)61-45(42)62-35-13-11-9-8-10-12-30-38(35)29(17-19-67(7,64)65)33(53)21-34(54)39(30)52-46(57)59-5/h8-9,14-18,20,24-25,32-33,35-38,42,44-45,50-51,53,56H,19,21-23H2,1-7H3,(H,52,57)/b9-8-,29-17-/t25?,32?,33-,35-,36?,37?,38?,42?,44?,45?,47?/m0/s1. The van der Waals surface area contributed by atoms with Crippen LogP contribution >= 0.6 is 34.4 Å². The van der Waals surface area contributed by atoms with Crippen molar-refractivity contribution >= 4 is 103 Å². The molecule has 2 aliphatic carbocycles. The highest BCUT2D eigenvalue weighted by Gasteiger charge is 2.61. The number of hydrogen-bond acceptors (Lipinski definition) is 16.